The van der Waals surface area contributed by atoms with Crippen molar-refractivity contribution < 1.29 is 31.4 Å². The average Bonchev–Trinajstić information content (AvgIpc) is 2.68. The zero-order chi connectivity index (χ0) is 22.1. The van der Waals surface area contributed by atoms with E-state index in [1.807, 2.05) is 6.92 Å². The molecule has 2 N–H and O–H groups in total. The van der Waals surface area contributed by atoms with Gasteiger partial charge in [-0.05, 0) is 19.1 Å². The van der Waals surface area contributed by atoms with Crippen LogP contribution in [0.15, 0.2) is 41.5 Å². The monoisotopic (exact) mass is 560 g/mol. The van der Waals surface area contributed by atoms with Crippen LogP contribution < -0.4 is 20.1 Å². The molecule has 0 unspecified atom stereocenters. The summed E-state index contributed by atoms with van der Waals surface area (Å²) < 4.78 is 71.6. The Morgan fingerprint density at radius 3 is 2.42 bits per heavy atom. The number of aromatic nitrogens is 1. The molecule has 31 heavy (non-hydrogen) atoms. The van der Waals surface area contributed by atoms with Crippen LogP contribution in [0.25, 0.3) is 0 Å². The van der Waals surface area contributed by atoms with Crippen LogP contribution in [0, 0.1) is 6.92 Å². The minimum absolute atomic E-state index is 0. The SMILES string of the molecule is CN=C(NCc1cc(C)ccc1OC(F)F)NCc1cccnc1OCC(F)(F)F.I. The van der Waals surface area contributed by atoms with E-state index in [1.54, 1.807) is 24.3 Å². The molecule has 0 saturated heterocycles. The molecular weight excluding hydrogens is 538 g/mol. The fourth-order valence-electron chi connectivity index (χ4n) is 2.47. The number of rotatable bonds is 8. The number of alkyl halides is 5. The Balaban J connectivity index is 0.00000480. The minimum atomic E-state index is -4.48. The molecule has 1 aromatic heterocycles. The van der Waals surface area contributed by atoms with Gasteiger partial charge in [-0.1, -0.05) is 23.8 Å². The summed E-state index contributed by atoms with van der Waals surface area (Å²) in [5.41, 5.74) is 1.74. The number of ether oxygens (including phenoxy) is 2. The number of hydrogen-bond donors (Lipinski definition) is 2. The van der Waals surface area contributed by atoms with Crippen molar-refractivity contribution in [2.24, 2.45) is 4.99 Å². The van der Waals surface area contributed by atoms with Crippen molar-refractivity contribution in [1.82, 2.24) is 15.6 Å². The van der Waals surface area contributed by atoms with Crippen LogP contribution in [-0.2, 0) is 13.1 Å². The number of halogens is 6. The molecule has 0 aliphatic rings. The summed E-state index contributed by atoms with van der Waals surface area (Å²) in [4.78, 5) is 7.83. The highest BCUT2D eigenvalue weighted by Crippen LogP contribution is 2.22. The van der Waals surface area contributed by atoms with E-state index in [0.717, 1.165) is 5.56 Å². The van der Waals surface area contributed by atoms with Gasteiger partial charge in [-0.2, -0.15) is 22.0 Å². The number of nitrogens with zero attached hydrogens (tertiary/aromatic N) is 2. The lowest BCUT2D eigenvalue weighted by Crippen LogP contribution is -2.36. The molecule has 0 spiro atoms. The van der Waals surface area contributed by atoms with E-state index in [1.165, 1.54) is 19.3 Å². The molecule has 0 bridgehead atoms. The van der Waals surface area contributed by atoms with Crippen molar-refractivity contribution in [3.8, 4) is 11.6 Å². The smallest absolute Gasteiger partial charge is 0.422 e. The van der Waals surface area contributed by atoms with E-state index in [2.05, 4.69) is 25.3 Å². The van der Waals surface area contributed by atoms with E-state index in [9.17, 15) is 22.0 Å². The second-order valence-electron chi connectivity index (χ2n) is 6.14. The molecule has 2 aromatic rings. The van der Waals surface area contributed by atoms with Crippen LogP contribution in [0.4, 0.5) is 22.0 Å². The van der Waals surface area contributed by atoms with Gasteiger partial charge in [-0.25, -0.2) is 4.98 Å². The number of aryl methyl sites for hydroxylation is 1. The van der Waals surface area contributed by atoms with Crippen molar-refractivity contribution in [3.05, 3.63) is 53.2 Å². The first-order valence-corrected chi connectivity index (χ1v) is 8.80. The van der Waals surface area contributed by atoms with E-state index >= 15 is 0 Å². The number of pyridine rings is 1. The number of hydrogen-bond acceptors (Lipinski definition) is 4. The van der Waals surface area contributed by atoms with Gasteiger partial charge in [0.2, 0.25) is 5.88 Å². The second-order valence-corrected chi connectivity index (χ2v) is 6.14. The molecule has 172 valence electrons. The first-order valence-electron chi connectivity index (χ1n) is 8.80. The maximum absolute atomic E-state index is 12.6. The van der Waals surface area contributed by atoms with Crippen molar-refractivity contribution in [2.45, 2.75) is 32.8 Å². The molecule has 6 nitrogen and oxygen atoms in total. The molecule has 0 fully saturated rings. The predicted octanol–water partition coefficient (Wildman–Crippen LogP) is 4.42. The van der Waals surface area contributed by atoms with Gasteiger partial charge in [0, 0.05) is 37.5 Å². The third kappa shape index (κ3) is 9.53. The van der Waals surface area contributed by atoms with Crippen LogP contribution >= 0.6 is 24.0 Å². The fraction of sp³-hybridized carbons (Fsp3) is 0.368. The third-order valence-corrected chi connectivity index (χ3v) is 3.77. The van der Waals surface area contributed by atoms with Crippen LogP contribution in [0.5, 0.6) is 11.6 Å². The number of guanidine groups is 1. The molecular formula is C19H22F5IN4O2. The molecule has 0 radical (unpaired) electrons. The largest absolute Gasteiger partial charge is 0.468 e. The maximum Gasteiger partial charge on any atom is 0.422 e. The molecule has 12 heteroatoms. The Morgan fingerprint density at radius 2 is 1.81 bits per heavy atom. The Hall–Kier alpha value is -2.38. The van der Waals surface area contributed by atoms with Crippen LogP contribution in [0.3, 0.4) is 0 Å². The maximum atomic E-state index is 12.6. The molecule has 2 rings (SSSR count). The van der Waals surface area contributed by atoms with Crippen molar-refractivity contribution in [3.63, 3.8) is 0 Å². The Bertz CT molecular complexity index is 865. The van der Waals surface area contributed by atoms with Crippen LogP contribution in [0.1, 0.15) is 16.7 Å². The Labute approximate surface area is 193 Å². The molecule has 0 atom stereocenters. The average molecular weight is 560 g/mol. The predicted molar refractivity (Wildman–Crippen MR) is 116 cm³/mol. The topological polar surface area (TPSA) is 67.8 Å². The summed E-state index contributed by atoms with van der Waals surface area (Å²) in [6, 6.07) is 7.93. The summed E-state index contributed by atoms with van der Waals surface area (Å²) in [6.45, 7) is -2.38. The lowest BCUT2D eigenvalue weighted by molar-refractivity contribution is -0.154. The first kappa shape index (κ1) is 26.7. The normalized spacial score (nSPS) is 11.7. The lowest BCUT2D eigenvalue weighted by atomic mass is 10.1. The second kappa shape index (κ2) is 12.5. The molecule has 1 aromatic carbocycles. The van der Waals surface area contributed by atoms with E-state index < -0.39 is 19.4 Å². The van der Waals surface area contributed by atoms with Crippen molar-refractivity contribution in [1.29, 1.82) is 0 Å². The van der Waals surface area contributed by atoms with Crippen LogP contribution in [-0.4, -0.2) is 37.4 Å². The summed E-state index contributed by atoms with van der Waals surface area (Å²) in [7, 11) is 1.49. The highest BCUT2D eigenvalue weighted by Gasteiger charge is 2.29. The Morgan fingerprint density at radius 1 is 1.13 bits per heavy atom. The summed E-state index contributed by atoms with van der Waals surface area (Å²) in [6.07, 6.45) is -3.16. The van der Waals surface area contributed by atoms with Gasteiger partial charge in [0.25, 0.3) is 0 Å². The highest BCUT2D eigenvalue weighted by atomic mass is 127. The van der Waals surface area contributed by atoms with E-state index in [0.29, 0.717) is 17.1 Å². The van der Waals surface area contributed by atoms with Crippen molar-refractivity contribution in [2.75, 3.05) is 13.7 Å². The van der Waals surface area contributed by atoms with Gasteiger partial charge < -0.3 is 20.1 Å². The molecule has 0 amide bonds. The molecule has 0 aliphatic carbocycles. The molecule has 1 heterocycles. The van der Waals surface area contributed by atoms with Gasteiger partial charge in [0.1, 0.15) is 5.75 Å². The first-order chi connectivity index (χ1) is 14.2. The number of benzene rings is 1. The third-order valence-electron chi connectivity index (χ3n) is 3.77. The molecule has 0 aliphatic heterocycles. The fourth-order valence-corrected chi connectivity index (χ4v) is 2.47. The number of nitrogens with one attached hydrogen (secondary N) is 2. The minimum Gasteiger partial charge on any atom is -0.468 e. The van der Waals surface area contributed by atoms with Gasteiger partial charge in [0.15, 0.2) is 12.6 Å². The van der Waals surface area contributed by atoms with Gasteiger partial charge in [-0.3, -0.25) is 4.99 Å². The van der Waals surface area contributed by atoms with E-state index in [-0.39, 0.29) is 48.7 Å². The summed E-state index contributed by atoms with van der Waals surface area (Å²) >= 11 is 0. The van der Waals surface area contributed by atoms with Crippen LogP contribution in [0.2, 0.25) is 0 Å². The number of aliphatic imine (C=N–C) groups is 1. The Kier molecular flexibility index (Phi) is 10.7. The zero-order valence-corrected chi connectivity index (χ0v) is 19.0. The zero-order valence-electron chi connectivity index (χ0n) is 16.7. The quantitative estimate of drug-likeness (QED) is 0.217. The standard InChI is InChI=1S/C19H21F5N4O2.HI/c1-12-5-6-15(30-17(20)21)14(8-12)10-28-18(25-2)27-9-13-4-3-7-26-16(13)29-11-19(22,23)24;/h3-8,17H,9-11H2,1-2H3,(H2,25,27,28);1H. The van der Waals surface area contributed by atoms with Crippen molar-refractivity contribution >= 4 is 29.9 Å². The van der Waals surface area contributed by atoms with E-state index in [4.69, 9.17) is 4.74 Å². The lowest BCUT2D eigenvalue weighted by Gasteiger charge is -2.16. The molecule has 0 saturated carbocycles. The van der Waals surface area contributed by atoms with Gasteiger partial charge in [-0.15, -0.1) is 24.0 Å². The summed E-state index contributed by atoms with van der Waals surface area (Å²) in [5, 5.41) is 5.86. The van der Waals surface area contributed by atoms with Gasteiger partial charge >= 0.3 is 12.8 Å². The highest BCUT2D eigenvalue weighted by molar-refractivity contribution is 14.0. The van der Waals surface area contributed by atoms with Gasteiger partial charge in [0.05, 0.1) is 0 Å². The summed E-state index contributed by atoms with van der Waals surface area (Å²) in [5.74, 6) is 0.183.